The summed E-state index contributed by atoms with van der Waals surface area (Å²) in [6.07, 6.45) is 16.2. The summed E-state index contributed by atoms with van der Waals surface area (Å²) in [5.74, 6) is -0.560. The number of esters is 1. The Morgan fingerprint density at radius 1 is 0.718 bits per heavy atom. The fourth-order valence-corrected chi connectivity index (χ4v) is 4.11. The molecule has 0 fully saturated rings. The Balaban J connectivity index is 3.98. The summed E-state index contributed by atoms with van der Waals surface area (Å²) in [7, 11) is 0. The van der Waals surface area contributed by atoms with Crippen molar-refractivity contribution in [3.05, 3.63) is 12.2 Å². The molecule has 0 bridgehead atoms. The molecule has 0 spiro atoms. The van der Waals surface area contributed by atoms with Crippen molar-refractivity contribution in [3.63, 3.8) is 0 Å². The predicted octanol–water partition coefficient (Wildman–Crippen LogP) is 7.25. The van der Waals surface area contributed by atoms with Crippen molar-refractivity contribution >= 4 is 17.7 Å². The van der Waals surface area contributed by atoms with Gasteiger partial charge in [-0.25, -0.2) is 4.79 Å². The van der Waals surface area contributed by atoms with Crippen molar-refractivity contribution in [2.45, 2.75) is 149 Å². The van der Waals surface area contributed by atoms with Crippen LogP contribution in [-0.4, -0.2) is 55.2 Å². The van der Waals surface area contributed by atoms with Crippen LogP contribution < -0.4 is 5.32 Å². The highest BCUT2D eigenvalue weighted by Crippen LogP contribution is 2.19. The number of hydrogen-bond acceptors (Lipinski definition) is 6. The average molecular weight is 554 g/mol. The molecule has 1 unspecified atom stereocenters. The second-order valence-corrected chi connectivity index (χ2v) is 11.4. The second kappa shape index (κ2) is 22.0. The lowest BCUT2D eigenvalue weighted by atomic mass is 9.98. The van der Waals surface area contributed by atoms with Crippen molar-refractivity contribution in [1.82, 2.24) is 5.32 Å². The molecule has 0 aliphatic rings. The van der Waals surface area contributed by atoms with Crippen LogP contribution >= 0.6 is 0 Å². The minimum Gasteiger partial charge on any atom is -0.460 e. The lowest BCUT2D eigenvalue weighted by molar-refractivity contribution is -0.147. The van der Waals surface area contributed by atoms with E-state index in [2.05, 4.69) is 18.8 Å². The Kier molecular flexibility index (Phi) is 21.0. The summed E-state index contributed by atoms with van der Waals surface area (Å²) >= 11 is 0. The molecule has 0 rings (SSSR count). The highest BCUT2D eigenvalue weighted by molar-refractivity contribution is 5.87. The van der Waals surface area contributed by atoms with Crippen LogP contribution in [0.4, 0.5) is 0 Å². The van der Waals surface area contributed by atoms with Crippen LogP contribution in [0, 0.1) is 0 Å². The second-order valence-electron chi connectivity index (χ2n) is 11.4. The Bertz CT molecular complexity index is 705. The van der Waals surface area contributed by atoms with Crippen molar-refractivity contribution < 1.29 is 28.6 Å². The van der Waals surface area contributed by atoms with Crippen LogP contribution in [0.25, 0.3) is 0 Å². The van der Waals surface area contributed by atoms with Gasteiger partial charge in [0.15, 0.2) is 5.78 Å². The standard InChI is InChI=1S/C32H59NO6/c1-8-10-11-12-13-14-15-16-17-20-24-38-31(5,6)28(34)22-19-18-21-25-39-32(7,9-2)30(36)33-23-26-37-29(35)27(3)4/h3,8-26H2,1-2,4-7H3,(H,33,36). The summed E-state index contributed by atoms with van der Waals surface area (Å²) in [4.78, 5) is 36.6. The maximum Gasteiger partial charge on any atom is 0.333 e. The van der Waals surface area contributed by atoms with Crippen LogP contribution in [0.1, 0.15) is 138 Å². The van der Waals surface area contributed by atoms with Gasteiger partial charge < -0.3 is 19.5 Å². The summed E-state index contributed by atoms with van der Waals surface area (Å²) in [6.45, 7) is 16.1. The van der Waals surface area contributed by atoms with Gasteiger partial charge in [0.05, 0.1) is 6.54 Å². The first-order valence-electron chi connectivity index (χ1n) is 15.4. The van der Waals surface area contributed by atoms with E-state index in [9.17, 15) is 14.4 Å². The van der Waals surface area contributed by atoms with Crippen LogP contribution in [0.2, 0.25) is 0 Å². The van der Waals surface area contributed by atoms with E-state index in [0.29, 0.717) is 31.6 Å². The zero-order chi connectivity index (χ0) is 29.6. The average Bonchev–Trinajstić information content (AvgIpc) is 2.90. The van der Waals surface area contributed by atoms with Gasteiger partial charge in [0.25, 0.3) is 5.91 Å². The van der Waals surface area contributed by atoms with E-state index in [-0.39, 0.29) is 24.8 Å². The minimum atomic E-state index is -0.946. The molecule has 1 N–H and O–H groups in total. The van der Waals surface area contributed by atoms with Gasteiger partial charge in [-0.3, -0.25) is 9.59 Å². The van der Waals surface area contributed by atoms with Crippen molar-refractivity contribution in [2.75, 3.05) is 26.4 Å². The number of Topliss-reactive ketones (excluding diaryl/α,β-unsaturated/α-hetero) is 1. The van der Waals surface area contributed by atoms with Gasteiger partial charge in [0.2, 0.25) is 0 Å². The molecule has 39 heavy (non-hydrogen) atoms. The summed E-state index contributed by atoms with van der Waals surface area (Å²) in [6, 6.07) is 0. The van der Waals surface area contributed by atoms with E-state index in [1.54, 1.807) is 13.8 Å². The van der Waals surface area contributed by atoms with E-state index >= 15 is 0 Å². The van der Waals surface area contributed by atoms with Gasteiger partial charge in [-0.05, 0) is 53.4 Å². The van der Waals surface area contributed by atoms with E-state index in [1.807, 2.05) is 20.8 Å². The monoisotopic (exact) mass is 553 g/mol. The van der Waals surface area contributed by atoms with Crippen molar-refractivity contribution in [3.8, 4) is 0 Å². The molecular weight excluding hydrogens is 494 g/mol. The Labute approximate surface area is 239 Å². The summed E-state index contributed by atoms with van der Waals surface area (Å²) in [5.41, 5.74) is -1.36. The molecule has 1 amide bonds. The molecule has 0 radical (unpaired) electrons. The van der Waals surface area contributed by atoms with Gasteiger partial charge in [-0.1, -0.05) is 84.6 Å². The number of nitrogens with one attached hydrogen (secondary N) is 1. The lowest BCUT2D eigenvalue weighted by Crippen LogP contribution is -2.47. The highest BCUT2D eigenvalue weighted by atomic mass is 16.5. The molecule has 0 saturated carbocycles. The summed E-state index contributed by atoms with van der Waals surface area (Å²) in [5, 5.41) is 2.76. The Morgan fingerprint density at radius 3 is 1.77 bits per heavy atom. The van der Waals surface area contributed by atoms with E-state index in [1.165, 1.54) is 51.4 Å². The minimum absolute atomic E-state index is 0.0879. The molecule has 7 nitrogen and oxygen atoms in total. The molecule has 0 aromatic rings. The predicted molar refractivity (Wildman–Crippen MR) is 159 cm³/mol. The number of carbonyl (C=O) groups excluding carboxylic acids is 3. The number of ether oxygens (including phenoxy) is 3. The smallest absolute Gasteiger partial charge is 0.333 e. The molecule has 0 heterocycles. The normalized spacial score (nSPS) is 13.1. The maximum absolute atomic E-state index is 12.7. The Morgan fingerprint density at radius 2 is 1.23 bits per heavy atom. The third-order valence-corrected chi connectivity index (χ3v) is 7.23. The molecule has 228 valence electrons. The van der Waals surface area contributed by atoms with E-state index in [0.717, 1.165) is 32.1 Å². The van der Waals surface area contributed by atoms with Gasteiger partial charge in [0.1, 0.15) is 17.8 Å². The number of carbonyl (C=O) groups is 3. The molecule has 0 aromatic carbocycles. The fraction of sp³-hybridized carbons (Fsp3) is 0.844. The first-order chi connectivity index (χ1) is 18.5. The third kappa shape index (κ3) is 18.3. The lowest BCUT2D eigenvalue weighted by Gasteiger charge is -2.27. The largest absolute Gasteiger partial charge is 0.460 e. The van der Waals surface area contributed by atoms with Crippen LogP contribution in [0.5, 0.6) is 0 Å². The van der Waals surface area contributed by atoms with E-state index < -0.39 is 17.2 Å². The van der Waals surface area contributed by atoms with Gasteiger partial charge in [-0.2, -0.15) is 0 Å². The van der Waals surface area contributed by atoms with Crippen LogP contribution in [0.3, 0.4) is 0 Å². The van der Waals surface area contributed by atoms with Crippen molar-refractivity contribution in [1.29, 1.82) is 0 Å². The summed E-state index contributed by atoms with van der Waals surface area (Å²) < 4.78 is 16.8. The number of ketones is 1. The molecule has 1 atom stereocenters. The topological polar surface area (TPSA) is 90.9 Å². The number of amides is 1. The quantitative estimate of drug-likeness (QED) is 0.0689. The van der Waals surface area contributed by atoms with Crippen molar-refractivity contribution in [2.24, 2.45) is 0 Å². The number of rotatable bonds is 26. The highest BCUT2D eigenvalue weighted by Gasteiger charge is 2.32. The van der Waals surface area contributed by atoms with Crippen LogP contribution in [0.15, 0.2) is 12.2 Å². The SMILES string of the molecule is C=C(C)C(=O)OCCNC(=O)C(C)(CC)OCCCCCC(=O)C(C)(C)OCCCCCCCCCCCC. The molecule has 7 heteroatoms. The van der Waals surface area contributed by atoms with Gasteiger partial charge >= 0.3 is 5.97 Å². The van der Waals surface area contributed by atoms with Crippen LogP contribution in [-0.2, 0) is 28.6 Å². The zero-order valence-corrected chi connectivity index (χ0v) is 26.1. The Hall–Kier alpha value is -1.73. The third-order valence-electron chi connectivity index (χ3n) is 7.23. The first kappa shape index (κ1) is 37.3. The molecular formula is C32H59NO6. The molecule has 0 aromatic heterocycles. The number of hydrogen-bond donors (Lipinski definition) is 1. The van der Waals surface area contributed by atoms with Gasteiger partial charge in [0, 0.05) is 25.2 Å². The first-order valence-corrected chi connectivity index (χ1v) is 15.4. The van der Waals surface area contributed by atoms with E-state index in [4.69, 9.17) is 14.2 Å². The fourth-order valence-electron chi connectivity index (χ4n) is 4.11. The number of unbranched alkanes of at least 4 members (excludes halogenated alkanes) is 11. The maximum atomic E-state index is 12.7. The zero-order valence-electron chi connectivity index (χ0n) is 26.1. The molecule has 0 saturated heterocycles. The molecule has 0 aliphatic heterocycles. The van der Waals surface area contributed by atoms with Gasteiger partial charge in [-0.15, -0.1) is 0 Å². The molecule has 0 aliphatic carbocycles.